The smallest absolute Gasteiger partial charge is 0.162 e. The number of hydrogen-bond acceptors (Lipinski definition) is 5. The number of aryl methyl sites for hydroxylation is 1. The van der Waals surface area contributed by atoms with Crippen molar-refractivity contribution in [1.29, 1.82) is 0 Å². The molecule has 0 saturated heterocycles. The van der Waals surface area contributed by atoms with Crippen LogP contribution in [0.5, 0.6) is 17.2 Å². The third-order valence-corrected chi connectivity index (χ3v) is 5.63. The van der Waals surface area contributed by atoms with Gasteiger partial charge >= 0.3 is 0 Å². The molecule has 0 unspecified atom stereocenters. The van der Waals surface area contributed by atoms with Gasteiger partial charge in [-0.05, 0) is 48.7 Å². The summed E-state index contributed by atoms with van der Waals surface area (Å²) in [5, 5.41) is 14.5. The number of nitrogens with one attached hydrogen (secondary N) is 1. The van der Waals surface area contributed by atoms with Crippen molar-refractivity contribution in [3.63, 3.8) is 0 Å². The van der Waals surface area contributed by atoms with Crippen LogP contribution in [-0.4, -0.2) is 24.5 Å². The molecule has 31 heavy (non-hydrogen) atoms. The molecule has 1 aliphatic rings. The molecule has 0 bridgehead atoms. The van der Waals surface area contributed by atoms with Gasteiger partial charge in [0.05, 0.1) is 13.7 Å². The van der Waals surface area contributed by atoms with Crippen molar-refractivity contribution in [3.05, 3.63) is 89.0 Å². The molecule has 0 radical (unpaired) electrons. The molecule has 0 aliphatic carbocycles. The molecule has 0 saturated carbocycles. The van der Waals surface area contributed by atoms with Crippen LogP contribution in [0.3, 0.4) is 0 Å². The molecule has 5 heteroatoms. The zero-order valence-electron chi connectivity index (χ0n) is 18.1. The van der Waals surface area contributed by atoms with E-state index in [0.717, 1.165) is 28.2 Å². The summed E-state index contributed by atoms with van der Waals surface area (Å²) < 4.78 is 11.0. The van der Waals surface area contributed by atoms with E-state index in [1.807, 2.05) is 49.4 Å². The largest absolute Gasteiger partial charge is 0.504 e. The van der Waals surface area contributed by atoms with Gasteiger partial charge in [0.1, 0.15) is 11.9 Å². The fourth-order valence-corrected chi connectivity index (χ4v) is 4.03. The zero-order chi connectivity index (χ0) is 21.8. The van der Waals surface area contributed by atoms with Crippen LogP contribution in [0.25, 0.3) is 0 Å². The van der Waals surface area contributed by atoms with Gasteiger partial charge in [-0.15, -0.1) is 0 Å². The lowest BCUT2D eigenvalue weighted by molar-refractivity contribution is 0.313. The minimum absolute atomic E-state index is 0.122. The maximum absolute atomic E-state index is 10.9. The van der Waals surface area contributed by atoms with Gasteiger partial charge in [-0.2, -0.15) is 0 Å². The third kappa shape index (κ3) is 4.42. The number of phenolic OH excluding ortho intramolecular Hbond substituents is 1. The molecule has 0 aromatic heterocycles. The normalized spacial score (nSPS) is 18.4. The summed E-state index contributed by atoms with van der Waals surface area (Å²) in [6.45, 7) is 4.50. The molecule has 0 spiro atoms. The zero-order valence-corrected chi connectivity index (χ0v) is 18.1. The molecule has 1 aliphatic heterocycles. The van der Waals surface area contributed by atoms with Gasteiger partial charge in [0.2, 0.25) is 0 Å². The van der Waals surface area contributed by atoms with Gasteiger partial charge in [0.15, 0.2) is 11.5 Å². The Morgan fingerprint density at radius 2 is 1.81 bits per heavy atom. The minimum Gasteiger partial charge on any atom is -0.504 e. The molecule has 2 N–H and O–H groups in total. The molecule has 160 valence electrons. The van der Waals surface area contributed by atoms with Crippen molar-refractivity contribution in [3.8, 4) is 17.2 Å². The lowest BCUT2D eigenvalue weighted by Gasteiger charge is -2.32. The van der Waals surface area contributed by atoms with Crippen LogP contribution in [0.15, 0.2) is 71.7 Å². The van der Waals surface area contributed by atoms with Crippen molar-refractivity contribution >= 4 is 5.71 Å². The average Bonchev–Trinajstić information content (AvgIpc) is 2.80. The second-order valence-electron chi connectivity index (χ2n) is 7.62. The Morgan fingerprint density at radius 1 is 1.03 bits per heavy atom. The van der Waals surface area contributed by atoms with Gasteiger partial charge in [0.25, 0.3) is 0 Å². The van der Waals surface area contributed by atoms with Crippen LogP contribution in [0.4, 0.5) is 0 Å². The van der Waals surface area contributed by atoms with Crippen LogP contribution in [0.2, 0.25) is 0 Å². The first kappa shape index (κ1) is 20.9. The second-order valence-corrected chi connectivity index (χ2v) is 7.62. The van der Waals surface area contributed by atoms with E-state index in [2.05, 4.69) is 30.4 Å². The van der Waals surface area contributed by atoms with Gasteiger partial charge in [0, 0.05) is 23.7 Å². The summed E-state index contributed by atoms with van der Waals surface area (Å²) in [5.74, 6) is 1.47. The summed E-state index contributed by atoms with van der Waals surface area (Å²) in [6, 6.07) is 21.7. The molecule has 4 rings (SSSR count). The number of rotatable bonds is 6. The Balaban J connectivity index is 1.78. The number of nitrogens with zero attached hydrogens (tertiary/aromatic N) is 1. The summed E-state index contributed by atoms with van der Waals surface area (Å²) >= 11 is 0. The highest BCUT2D eigenvalue weighted by Gasteiger charge is 2.29. The predicted octanol–water partition coefficient (Wildman–Crippen LogP) is 5.33. The lowest BCUT2D eigenvalue weighted by atomic mass is 9.92. The maximum Gasteiger partial charge on any atom is 0.162 e. The topological polar surface area (TPSA) is 63.1 Å². The second kappa shape index (κ2) is 9.23. The number of benzene rings is 3. The van der Waals surface area contributed by atoms with E-state index in [9.17, 15) is 5.11 Å². The number of methoxy groups -OCH3 is 1. The Labute approximate surface area is 183 Å². The molecular formula is C26H28N2O3. The average molecular weight is 417 g/mol. The van der Waals surface area contributed by atoms with Crippen LogP contribution >= 0.6 is 0 Å². The first-order valence-electron chi connectivity index (χ1n) is 10.6. The molecule has 3 aromatic carbocycles. The highest BCUT2D eigenvalue weighted by Crippen LogP contribution is 2.39. The summed E-state index contributed by atoms with van der Waals surface area (Å²) in [4.78, 5) is 5.06. The highest BCUT2D eigenvalue weighted by molar-refractivity contribution is 6.02. The third-order valence-electron chi connectivity index (χ3n) is 5.63. The van der Waals surface area contributed by atoms with Crippen molar-refractivity contribution in [2.45, 2.75) is 32.5 Å². The monoisotopic (exact) mass is 416 g/mol. The molecule has 3 aromatic rings. The standard InChI is InChI=1S/C26H28N2O3/c1-4-31-24-14-8-13-21(25(24)29)23-16-22(18-10-7-11-19(15-18)30-3)27-26(28-23)20-12-6-5-9-17(20)2/h5-15,23,26,28-29H,4,16H2,1-3H3/t23-,26-/m0/s1. The molecule has 2 atom stereocenters. The van der Waals surface area contributed by atoms with Crippen LogP contribution in [-0.2, 0) is 0 Å². The summed E-state index contributed by atoms with van der Waals surface area (Å²) in [5.41, 5.74) is 5.08. The Morgan fingerprint density at radius 3 is 2.58 bits per heavy atom. The molecule has 0 fully saturated rings. The van der Waals surface area contributed by atoms with Crippen LogP contribution < -0.4 is 14.8 Å². The molecular weight excluding hydrogens is 388 g/mol. The summed E-state index contributed by atoms with van der Waals surface area (Å²) in [7, 11) is 1.67. The number of aliphatic imine (C=N–C) groups is 1. The van der Waals surface area contributed by atoms with E-state index in [1.54, 1.807) is 13.2 Å². The highest BCUT2D eigenvalue weighted by atomic mass is 16.5. The Bertz CT molecular complexity index is 1090. The predicted molar refractivity (Wildman–Crippen MR) is 123 cm³/mol. The fraction of sp³-hybridized carbons (Fsp3) is 0.269. The van der Waals surface area contributed by atoms with E-state index in [4.69, 9.17) is 14.5 Å². The first-order valence-corrected chi connectivity index (χ1v) is 10.6. The van der Waals surface area contributed by atoms with E-state index < -0.39 is 0 Å². The van der Waals surface area contributed by atoms with Crippen molar-refractivity contribution < 1.29 is 14.6 Å². The molecule has 1 heterocycles. The SMILES string of the molecule is CCOc1cccc([C@@H]2CC(c3cccc(OC)c3)=N[C@H](c3ccccc3C)N2)c1O. The number of ether oxygens (including phenoxy) is 2. The van der Waals surface area contributed by atoms with E-state index in [1.165, 1.54) is 5.56 Å². The van der Waals surface area contributed by atoms with E-state index >= 15 is 0 Å². The van der Waals surface area contributed by atoms with Crippen molar-refractivity contribution in [2.24, 2.45) is 4.99 Å². The lowest BCUT2D eigenvalue weighted by Crippen LogP contribution is -2.33. The first-order chi connectivity index (χ1) is 15.1. The van der Waals surface area contributed by atoms with Gasteiger partial charge < -0.3 is 14.6 Å². The Hall–Kier alpha value is -3.31. The van der Waals surface area contributed by atoms with Gasteiger partial charge in [-0.1, -0.05) is 48.5 Å². The van der Waals surface area contributed by atoms with E-state index in [-0.39, 0.29) is 18.0 Å². The van der Waals surface area contributed by atoms with Gasteiger partial charge in [-0.25, -0.2) is 0 Å². The Kier molecular flexibility index (Phi) is 6.23. The van der Waals surface area contributed by atoms with Crippen molar-refractivity contribution in [2.75, 3.05) is 13.7 Å². The van der Waals surface area contributed by atoms with Crippen LogP contribution in [0, 0.1) is 6.92 Å². The number of aromatic hydroxyl groups is 1. The molecule has 0 amide bonds. The maximum atomic E-state index is 10.9. The fourth-order valence-electron chi connectivity index (χ4n) is 4.03. The van der Waals surface area contributed by atoms with Crippen molar-refractivity contribution in [1.82, 2.24) is 5.32 Å². The number of para-hydroxylation sites is 1. The minimum atomic E-state index is -0.226. The molecule has 5 nitrogen and oxygen atoms in total. The van der Waals surface area contributed by atoms with Gasteiger partial charge in [-0.3, -0.25) is 10.3 Å². The van der Waals surface area contributed by atoms with Crippen LogP contribution in [0.1, 0.15) is 47.8 Å². The quantitative estimate of drug-likeness (QED) is 0.570. The van der Waals surface area contributed by atoms with E-state index in [0.29, 0.717) is 18.8 Å². The summed E-state index contributed by atoms with van der Waals surface area (Å²) in [6.07, 6.45) is 0.412. The number of hydrogen-bond donors (Lipinski definition) is 2. The number of phenols is 1.